The van der Waals surface area contributed by atoms with Crippen molar-refractivity contribution < 1.29 is 18.7 Å². The van der Waals surface area contributed by atoms with E-state index in [1.807, 2.05) is 0 Å². The Balaban J connectivity index is 1.71. The van der Waals surface area contributed by atoms with Gasteiger partial charge in [0.25, 0.3) is 0 Å². The first-order valence-electron chi connectivity index (χ1n) is 8.66. The number of aromatic carboxylic acids is 1. The van der Waals surface area contributed by atoms with E-state index in [0.29, 0.717) is 36.0 Å². The van der Waals surface area contributed by atoms with Crippen LogP contribution in [0.3, 0.4) is 0 Å². The summed E-state index contributed by atoms with van der Waals surface area (Å²) in [4.78, 5) is 15.9. The second kappa shape index (κ2) is 5.94. The molecular weight excluding hydrogens is 350 g/mol. The fourth-order valence-electron chi connectivity index (χ4n) is 3.78. The van der Waals surface area contributed by atoms with Gasteiger partial charge in [0.05, 0.1) is 11.3 Å². The molecule has 2 aliphatic carbocycles. The summed E-state index contributed by atoms with van der Waals surface area (Å²) in [6.07, 6.45) is 3.64. The minimum absolute atomic E-state index is 0.0654. The molecule has 2 aromatic rings. The molecule has 2 aromatic heterocycles. The van der Waals surface area contributed by atoms with Crippen LogP contribution in [0.4, 0.5) is 8.78 Å². The lowest BCUT2D eigenvalue weighted by molar-refractivity contribution is -0.0457. The fraction of sp³-hybridized carbons (Fsp3) is 0.556. The van der Waals surface area contributed by atoms with Gasteiger partial charge in [-0.2, -0.15) is 0 Å². The van der Waals surface area contributed by atoms with E-state index in [4.69, 9.17) is 11.6 Å². The van der Waals surface area contributed by atoms with Crippen molar-refractivity contribution in [1.29, 1.82) is 0 Å². The number of halogens is 3. The number of hydrogen-bond acceptors (Lipinski definition) is 2. The van der Waals surface area contributed by atoms with E-state index in [2.05, 4.69) is 4.98 Å². The molecule has 7 heteroatoms. The summed E-state index contributed by atoms with van der Waals surface area (Å²) in [6.45, 7) is 0. The monoisotopic (exact) mass is 368 g/mol. The second-order valence-corrected chi connectivity index (χ2v) is 7.67. The molecule has 0 saturated heterocycles. The maximum Gasteiger partial charge on any atom is 0.335 e. The molecule has 4 nitrogen and oxygen atoms in total. The highest BCUT2D eigenvalue weighted by atomic mass is 35.5. The molecule has 2 fully saturated rings. The first-order chi connectivity index (χ1) is 11.8. The summed E-state index contributed by atoms with van der Waals surface area (Å²) in [5, 5.41) is 9.52. The smallest absolute Gasteiger partial charge is 0.335 e. The van der Waals surface area contributed by atoms with Gasteiger partial charge in [-0.25, -0.2) is 18.6 Å². The van der Waals surface area contributed by atoms with Crippen LogP contribution in [-0.2, 0) is 6.42 Å². The van der Waals surface area contributed by atoms with Crippen LogP contribution in [0.2, 0.25) is 5.15 Å². The standard InChI is InChI=1S/C18H19ClF2N2O2/c19-14-8-12(17(24)25)9-15-22-16(11-1-2-11)13(23(14)15)7-10-3-5-18(20,21)6-4-10/h8-11H,1-7H2,(H,24,25). The van der Waals surface area contributed by atoms with Crippen LogP contribution >= 0.6 is 11.6 Å². The molecule has 0 aromatic carbocycles. The molecule has 134 valence electrons. The topological polar surface area (TPSA) is 54.6 Å². The number of carbonyl (C=O) groups is 1. The van der Waals surface area contributed by atoms with Crippen LogP contribution in [0, 0.1) is 5.92 Å². The number of nitrogens with zero attached hydrogens (tertiary/aromatic N) is 2. The Bertz CT molecular complexity index is 835. The predicted octanol–water partition coefficient (Wildman–Crippen LogP) is 4.93. The zero-order valence-electron chi connectivity index (χ0n) is 13.6. The molecule has 0 spiro atoms. The molecule has 2 heterocycles. The molecule has 1 N–H and O–H groups in total. The third-order valence-corrected chi connectivity index (χ3v) is 5.61. The zero-order valence-corrected chi connectivity index (χ0v) is 14.4. The zero-order chi connectivity index (χ0) is 17.8. The van der Waals surface area contributed by atoms with Crippen LogP contribution in [0.15, 0.2) is 12.1 Å². The minimum atomic E-state index is -2.54. The third kappa shape index (κ3) is 3.24. The number of rotatable bonds is 4. The predicted molar refractivity (Wildman–Crippen MR) is 89.7 cm³/mol. The highest BCUT2D eigenvalue weighted by Gasteiger charge is 2.37. The van der Waals surface area contributed by atoms with E-state index in [1.54, 1.807) is 4.40 Å². The lowest BCUT2D eigenvalue weighted by atomic mass is 9.83. The van der Waals surface area contributed by atoms with Gasteiger partial charge >= 0.3 is 5.97 Å². The third-order valence-electron chi connectivity index (χ3n) is 5.33. The number of aromatic nitrogens is 2. The quantitative estimate of drug-likeness (QED) is 0.778. The maximum absolute atomic E-state index is 13.4. The lowest BCUT2D eigenvalue weighted by Gasteiger charge is -2.28. The number of carboxylic acid groups (broad SMARTS) is 1. The van der Waals surface area contributed by atoms with E-state index in [1.165, 1.54) is 12.1 Å². The Hall–Kier alpha value is -1.69. The number of alkyl halides is 2. The number of pyridine rings is 1. The molecule has 2 saturated carbocycles. The van der Waals surface area contributed by atoms with Gasteiger partial charge in [0, 0.05) is 24.5 Å². The van der Waals surface area contributed by atoms with Gasteiger partial charge in [-0.05, 0) is 50.2 Å². The van der Waals surface area contributed by atoms with E-state index in [9.17, 15) is 18.7 Å². The van der Waals surface area contributed by atoms with Crippen LogP contribution in [0.1, 0.15) is 66.2 Å². The summed E-state index contributed by atoms with van der Waals surface area (Å²) in [5.41, 5.74) is 2.56. The Labute approximate surface area is 148 Å². The van der Waals surface area contributed by atoms with Crippen molar-refractivity contribution in [3.63, 3.8) is 0 Å². The summed E-state index contributed by atoms with van der Waals surface area (Å²) in [7, 11) is 0. The Morgan fingerprint density at radius 1 is 1.28 bits per heavy atom. The van der Waals surface area contributed by atoms with E-state index in [-0.39, 0.29) is 24.3 Å². The van der Waals surface area contributed by atoms with Gasteiger partial charge < -0.3 is 5.11 Å². The molecule has 0 unspecified atom stereocenters. The summed E-state index contributed by atoms with van der Waals surface area (Å²) < 4.78 is 28.6. The summed E-state index contributed by atoms with van der Waals surface area (Å²) in [5.74, 6) is -3.02. The van der Waals surface area contributed by atoms with E-state index in [0.717, 1.165) is 24.2 Å². The molecule has 0 radical (unpaired) electrons. The fourth-order valence-corrected chi connectivity index (χ4v) is 4.09. The first-order valence-corrected chi connectivity index (χ1v) is 9.04. The molecule has 4 rings (SSSR count). The van der Waals surface area contributed by atoms with Crippen molar-refractivity contribution in [2.45, 2.75) is 56.8 Å². The number of imidazole rings is 1. The van der Waals surface area contributed by atoms with Gasteiger partial charge in [0.2, 0.25) is 5.92 Å². The molecule has 0 aliphatic heterocycles. The Morgan fingerprint density at radius 2 is 1.96 bits per heavy atom. The van der Waals surface area contributed by atoms with Gasteiger partial charge in [-0.15, -0.1) is 0 Å². The number of hydrogen-bond donors (Lipinski definition) is 1. The van der Waals surface area contributed by atoms with Crippen molar-refractivity contribution in [3.05, 3.63) is 34.2 Å². The van der Waals surface area contributed by atoms with Gasteiger partial charge in [0.15, 0.2) is 0 Å². The van der Waals surface area contributed by atoms with Gasteiger partial charge in [0.1, 0.15) is 10.8 Å². The van der Waals surface area contributed by atoms with Crippen molar-refractivity contribution in [3.8, 4) is 0 Å². The van der Waals surface area contributed by atoms with E-state index < -0.39 is 11.9 Å². The Morgan fingerprint density at radius 3 is 2.56 bits per heavy atom. The molecule has 2 aliphatic rings. The van der Waals surface area contributed by atoms with Crippen molar-refractivity contribution in [1.82, 2.24) is 9.38 Å². The maximum atomic E-state index is 13.4. The summed E-state index contributed by atoms with van der Waals surface area (Å²) >= 11 is 6.35. The highest BCUT2D eigenvalue weighted by Crippen LogP contribution is 2.44. The molecule has 25 heavy (non-hydrogen) atoms. The minimum Gasteiger partial charge on any atom is -0.478 e. The van der Waals surface area contributed by atoms with E-state index >= 15 is 0 Å². The van der Waals surface area contributed by atoms with Crippen molar-refractivity contribution >= 4 is 23.2 Å². The van der Waals surface area contributed by atoms with Crippen molar-refractivity contribution in [2.75, 3.05) is 0 Å². The van der Waals surface area contributed by atoms with Crippen LogP contribution in [0.5, 0.6) is 0 Å². The van der Waals surface area contributed by atoms with Crippen molar-refractivity contribution in [2.24, 2.45) is 5.92 Å². The van der Waals surface area contributed by atoms with Crippen LogP contribution in [0.25, 0.3) is 5.65 Å². The molecule has 0 atom stereocenters. The Kier molecular flexibility index (Phi) is 3.98. The average molecular weight is 369 g/mol. The van der Waals surface area contributed by atoms with Crippen LogP contribution in [-0.4, -0.2) is 26.4 Å². The molecule has 0 amide bonds. The average Bonchev–Trinajstić information content (AvgIpc) is 3.32. The van der Waals surface area contributed by atoms with Crippen LogP contribution < -0.4 is 0 Å². The molecule has 0 bridgehead atoms. The number of carboxylic acids is 1. The SMILES string of the molecule is O=C(O)c1cc(Cl)n2c(CC3CCC(F)(F)CC3)c(C3CC3)nc2c1. The normalized spacial score (nSPS) is 20.9. The highest BCUT2D eigenvalue weighted by molar-refractivity contribution is 6.30. The second-order valence-electron chi connectivity index (χ2n) is 7.29. The molecular formula is C18H19ClF2N2O2. The largest absolute Gasteiger partial charge is 0.478 e. The first kappa shape index (κ1) is 16.8. The lowest BCUT2D eigenvalue weighted by Crippen LogP contribution is -2.26. The van der Waals surface area contributed by atoms with Gasteiger partial charge in [-0.1, -0.05) is 11.6 Å². The van der Waals surface area contributed by atoms with Gasteiger partial charge in [-0.3, -0.25) is 4.40 Å². The summed E-state index contributed by atoms with van der Waals surface area (Å²) in [6, 6.07) is 2.95. The number of fused-ring (bicyclic) bond motifs is 1.